The van der Waals surface area contributed by atoms with Gasteiger partial charge in [-0.05, 0) is 12.1 Å². The quantitative estimate of drug-likeness (QED) is 0.659. The second kappa shape index (κ2) is 6.19. The first kappa shape index (κ1) is 14.7. The van der Waals surface area contributed by atoms with E-state index in [0.717, 1.165) is 0 Å². The van der Waals surface area contributed by atoms with E-state index >= 15 is 0 Å². The molecule has 20 heavy (non-hydrogen) atoms. The molecule has 1 aliphatic heterocycles. The molecule has 1 N–H and O–H groups in total. The van der Waals surface area contributed by atoms with Crippen molar-refractivity contribution in [1.29, 1.82) is 0 Å². The largest absolute Gasteiger partial charge is 0.480 e. The van der Waals surface area contributed by atoms with Gasteiger partial charge >= 0.3 is 5.97 Å². The smallest absolute Gasteiger partial charge is 0.317 e. The zero-order chi connectivity index (χ0) is 14.7. The van der Waals surface area contributed by atoms with E-state index in [9.17, 15) is 14.9 Å². The molecule has 0 radical (unpaired) electrons. The molecule has 1 saturated heterocycles. The van der Waals surface area contributed by atoms with E-state index < -0.39 is 10.9 Å². The van der Waals surface area contributed by atoms with Gasteiger partial charge in [0, 0.05) is 36.7 Å². The zero-order valence-corrected chi connectivity index (χ0v) is 12.2. The van der Waals surface area contributed by atoms with Crippen LogP contribution in [0.5, 0.6) is 0 Å². The highest BCUT2D eigenvalue weighted by molar-refractivity contribution is 9.10. The highest BCUT2D eigenvalue weighted by atomic mass is 79.9. The molecule has 7 nitrogen and oxygen atoms in total. The molecule has 8 heteroatoms. The van der Waals surface area contributed by atoms with E-state index in [2.05, 4.69) is 15.9 Å². The Balaban J connectivity index is 2.11. The van der Waals surface area contributed by atoms with Crippen molar-refractivity contribution in [1.82, 2.24) is 4.90 Å². The summed E-state index contributed by atoms with van der Waals surface area (Å²) in [6, 6.07) is 4.97. The summed E-state index contributed by atoms with van der Waals surface area (Å²) >= 11 is 3.23. The van der Waals surface area contributed by atoms with Gasteiger partial charge in [-0.1, -0.05) is 15.9 Å². The molecule has 2 rings (SSSR count). The molecule has 0 atom stereocenters. The van der Waals surface area contributed by atoms with Gasteiger partial charge in [0.15, 0.2) is 0 Å². The second-order valence-electron chi connectivity index (χ2n) is 4.55. The van der Waals surface area contributed by atoms with Crippen LogP contribution >= 0.6 is 15.9 Å². The third kappa shape index (κ3) is 3.45. The molecule has 1 fully saturated rings. The number of hydrogen-bond acceptors (Lipinski definition) is 5. The van der Waals surface area contributed by atoms with E-state index in [1.807, 2.05) is 9.80 Å². The summed E-state index contributed by atoms with van der Waals surface area (Å²) in [5.41, 5.74) is 0.638. The first-order chi connectivity index (χ1) is 9.47. The number of rotatable bonds is 4. The Bertz CT molecular complexity index is 529. The number of benzene rings is 1. The maximum Gasteiger partial charge on any atom is 0.317 e. The second-order valence-corrected chi connectivity index (χ2v) is 5.46. The lowest BCUT2D eigenvalue weighted by Gasteiger charge is -2.34. The van der Waals surface area contributed by atoms with Crippen molar-refractivity contribution in [2.24, 2.45) is 0 Å². The predicted octanol–water partition coefficient (Wildman–Crippen LogP) is 1.56. The number of nitro groups is 1. The molecule has 0 aliphatic carbocycles. The molecule has 1 heterocycles. The Morgan fingerprint density at radius 1 is 1.35 bits per heavy atom. The van der Waals surface area contributed by atoms with Crippen molar-refractivity contribution in [3.05, 3.63) is 32.8 Å². The summed E-state index contributed by atoms with van der Waals surface area (Å²) in [4.78, 5) is 25.1. The number of carboxylic acid groups (broad SMARTS) is 1. The number of nitrogens with zero attached hydrogens (tertiary/aromatic N) is 3. The number of nitro benzene ring substituents is 1. The van der Waals surface area contributed by atoms with Gasteiger partial charge in [-0.15, -0.1) is 0 Å². The number of aliphatic carboxylic acids is 1. The van der Waals surface area contributed by atoms with Gasteiger partial charge in [-0.2, -0.15) is 0 Å². The van der Waals surface area contributed by atoms with Gasteiger partial charge in [0.2, 0.25) is 0 Å². The third-order valence-electron chi connectivity index (χ3n) is 3.21. The Labute approximate surface area is 124 Å². The predicted molar refractivity (Wildman–Crippen MR) is 77.1 cm³/mol. The molecule has 0 amide bonds. The molecule has 0 spiro atoms. The molecule has 0 saturated carbocycles. The Morgan fingerprint density at radius 2 is 2.00 bits per heavy atom. The lowest BCUT2D eigenvalue weighted by Crippen LogP contribution is -2.48. The Hall–Kier alpha value is -1.67. The molecule has 0 unspecified atom stereocenters. The summed E-state index contributed by atoms with van der Waals surface area (Å²) < 4.78 is 0.664. The standard InChI is InChI=1S/C12H14BrN3O4/c13-9-1-2-10(11(7-9)16(19)20)15-5-3-14(4-6-15)8-12(17)18/h1-2,7H,3-6,8H2,(H,17,18). The topological polar surface area (TPSA) is 86.9 Å². The first-order valence-electron chi connectivity index (χ1n) is 6.10. The van der Waals surface area contributed by atoms with Crippen LogP contribution in [0.3, 0.4) is 0 Å². The zero-order valence-electron chi connectivity index (χ0n) is 10.7. The highest BCUT2D eigenvalue weighted by Crippen LogP contribution is 2.31. The van der Waals surface area contributed by atoms with E-state index in [1.165, 1.54) is 6.07 Å². The molecular formula is C12H14BrN3O4. The molecule has 1 aromatic carbocycles. The van der Waals surface area contributed by atoms with E-state index in [1.54, 1.807) is 12.1 Å². The fourth-order valence-corrected chi connectivity index (χ4v) is 2.60. The summed E-state index contributed by atoms with van der Waals surface area (Å²) in [6.07, 6.45) is 0. The van der Waals surface area contributed by atoms with Crippen molar-refractivity contribution < 1.29 is 14.8 Å². The van der Waals surface area contributed by atoms with Crippen LogP contribution in [-0.2, 0) is 4.79 Å². The normalized spacial score (nSPS) is 16.1. The van der Waals surface area contributed by atoms with Crippen LogP contribution in [0.2, 0.25) is 0 Å². The van der Waals surface area contributed by atoms with Gasteiger partial charge in [0.1, 0.15) is 5.69 Å². The van der Waals surface area contributed by atoms with E-state index in [0.29, 0.717) is 36.3 Å². The van der Waals surface area contributed by atoms with Crippen molar-refractivity contribution in [2.75, 3.05) is 37.6 Å². The molecule has 0 bridgehead atoms. The van der Waals surface area contributed by atoms with E-state index in [4.69, 9.17) is 5.11 Å². The fourth-order valence-electron chi connectivity index (χ4n) is 2.25. The Morgan fingerprint density at radius 3 is 2.55 bits per heavy atom. The lowest BCUT2D eigenvalue weighted by atomic mass is 10.2. The molecule has 108 valence electrons. The maximum absolute atomic E-state index is 11.1. The minimum Gasteiger partial charge on any atom is -0.480 e. The van der Waals surface area contributed by atoms with Crippen LogP contribution in [0.4, 0.5) is 11.4 Å². The van der Waals surface area contributed by atoms with Crippen LogP contribution in [-0.4, -0.2) is 53.6 Å². The Kier molecular flexibility index (Phi) is 4.56. The first-order valence-corrected chi connectivity index (χ1v) is 6.89. The monoisotopic (exact) mass is 343 g/mol. The fraction of sp³-hybridized carbons (Fsp3) is 0.417. The van der Waals surface area contributed by atoms with Crippen LogP contribution < -0.4 is 4.90 Å². The number of piperazine rings is 1. The van der Waals surface area contributed by atoms with Crippen LogP contribution in [0.25, 0.3) is 0 Å². The summed E-state index contributed by atoms with van der Waals surface area (Å²) in [5.74, 6) is -0.854. The molecule has 0 aromatic heterocycles. The van der Waals surface area contributed by atoms with Gasteiger partial charge in [-0.3, -0.25) is 19.8 Å². The number of halogens is 1. The number of hydrogen-bond donors (Lipinski definition) is 1. The van der Waals surface area contributed by atoms with Gasteiger partial charge in [-0.25, -0.2) is 0 Å². The average Bonchev–Trinajstić information content (AvgIpc) is 2.39. The summed E-state index contributed by atoms with van der Waals surface area (Å²) in [5, 5.41) is 19.8. The van der Waals surface area contributed by atoms with Crippen molar-refractivity contribution >= 4 is 33.3 Å². The van der Waals surface area contributed by atoms with Gasteiger partial charge in [0.25, 0.3) is 5.69 Å². The van der Waals surface area contributed by atoms with E-state index in [-0.39, 0.29) is 12.2 Å². The third-order valence-corrected chi connectivity index (χ3v) is 3.70. The highest BCUT2D eigenvalue weighted by Gasteiger charge is 2.24. The van der Waals surface area contributed by atoms with Crippen molar-refractivity contribution in [2.45, 2.75) is 0 Å². The van der Waals surface area contributed by atoms with Crippen molar-refractivity contribution in [3.63, 3.8) is 0 Å². The average molecular weight is 344 g/mol. The molecule has 1 aromatic rings. The number of carboxylic acids is 1. The minimum atomic E-state index is -0.854. The van der Waals surface area contributed by atoms with Gasteiger partial charge in [0.05, 0.1) is 11.5 Å². The number of anilines is 1. The summed E-state index contributed by atoms with van der Waals surface area (Å²) in [6.45, 7) is 2.33. The van der Waals surface area contributed by atoms with Crippen LogP contribution in [0.1, 0.15) is 0 Å². The summed E-state index contributed by atoms with van der Waals surface area (Å²) in [7, 11) is 0. The number of carbonyl (C=O) groups is 1. The SMILES string of the molecule is O=C(O)CN1CCN(c2ccc(Br)cc2[N+](=O)[O-])CC1. The lowest BCUT2D eigenvalue weighted by molar-refractivity contribution is -0.384. The molecular weight excluding hydrogens is 330 g/mol. The van der Waals surface area contributed by atoms with Crippen molar-refractivity contribution in [3.8, 4) is 0 Å². The minimum absolute atomic E-state index is 0.0102. The van der Waals surface area contributed by atoms with Crippen LogP contribution in [0.15, 0.2) is 22.7 Å². The van der Waals surface area contributed by atoms with Crippen LogP contribution in [0, 0.1) is 10.1 Å². The maximum atomic E-state index is 11.1. The van der Waals surface area contributed by atoms with Gasteiger partial charge < -0.3 is 10.0 Å². The molecule has 1 aliphatic rings.